The van der Waals surface area contributed by atoms with Crippen molar-refractivity contribution in [2.45, 2.75) is 49.7 Å². The van der Waals surface area contributed by atoms with Crippen LogP contribution in [0, 0.1) is 5.82 Å². The number of carbonyl (C=O) groups excluding carboxylic acids is 1. The maximum absolute atomic E-state index is 14.7. The largest absolute Gasteiger partial charge is 0.417 e. The molecule has 3 heterocycles. The second kappa shape index (κ2) is 10.8. The Morgan fingerprint density at radius 2 is 1.76 bits per heavy atom. The number of piperazine rings is 1. The standard InChI is InChI=1S/C28H27F5N4O3S/c1-14-10-35(11-15(2)37(14)26(38)16(3)29)25-20-9-21(28(31,32)33)22(17-5-7-18(30)8-6-17)24-23(20)36(27(39)34-25)12-19(40-4)13-41-24/h5-9,14-15,19H,3,10-13H2,1-2,4H3/t14-,15+,19-/m0/s1. The van der Waals surface area contributed by atoms with Crippen LogP contribution in [-0.4, -0.2) is 64.5 Å². The first-order valence-electron chi connectivity index (χ1n) is 12.8. The lowest BCUT2D eigenvalue weighted by Crippen LogP contribution is -2.59. The van der Waals surface area contributed by atoms with E-state index in [1.165, 1.54) is 28.7 Å². The van der Waals surface area contributed by atoms with Gasteiger partial charge in [-0.15, -0.1) is 11.8 Å². The molecular weight excluding hydrogens is 567 g/mol. The monoisotopic (exact) mass is 594 g/mol. The van der Waals surface area contributed by atoms with Crippen LogP contribution in [0.15, 0.2) is 52.4 Å². The summed E-state index contributed by atoms with van der Waals surface area (Å²) in [5, 5.41) is 0.108. The topological polar surface area (TPSA) is 67.7 Å². The minimum atomic E-state index is -4.80. The lowest BCUT2D eigenvalue weighted by Gasteiger charge is -2.44. The van der Waals surface area contributed by atoms with Gasteiger partial charge in [0, 0.05) is 53.9 Å². The van der Waals surface area contributed by atoms with Gasteiger partial charge in [-0.3, -0.25) is 9.36 Å². The zero-order valence-corrected chi connectivity index (χ0v) is 23.3. The highest BCUT2D eigenvalue weighted by atomic mass is 32.2. The number of aromatic nitrogens is 2. The summed E-state index contributed by atoms with van der Waals surface area (Å²) in [5.41, 5.74) is -1.36. The number of thioether (sulfide) groups is 1. The predicted molar refractivity (Wildman–Crippen MR) is 146 cm³/mol. The molecular formula is C28H27F5N4O3S. The molecule has 0 spiro atoms. The quantitative estimate of drug-likeness (QED) is 0.304. The Morgan fingerprint density at radius 1 is 1.12 bits per heavy atom. The van der Waals surface area contributed by atoms with Crippen LogP contribution in [0.4, 0.5) is 27.8 Å². The molecule has 0 radical (unpaired) electrons. The Balaban J connectivity index is 1.79. The van der Waals surface area contributed by atoms with Crippen molar-refractivity contribution in [3.63, 3.8) is 0 Å². The van der Waals surface area contributed by atoms with Gasteiger partial charge in [0.2, 0.25) is 0 Å². The van der Waals surface area contributed by atoms with Crippen LogP contribution in [0.1, 0.15) is 19.4 Å². The molecule has 0 saturated carbocycles. The van der Waals surface area contributed by atoms with E-state index < -0.39 is 53.2 Å². The first kappa shape index (κ1) is 29.1. The zero-order chi connectivity index (χ0) is 29.8. The fraction of sp³-hybridized carbons (Fsp3) is 0.393. The number of hydrogen-bond donors (Lipinski definition) is 0. The van der Waals surface area contributed by atoms with Crippen molar-refractivity contribution < 1.29 is 31.5 Å². The molecule has 13 heteroatoms. The molecule has 5 rings (SSSR count). The summed E-state index contributed by atoms with van der Waals surface area (Å²) in [6, 6.07) is 4.62. The Bertz CT molecular complexity index is 1580. The third kappa shape index (κ3) is 5.21. The van der Waals surface area contributed by atoms with Gasteiger partial charge >= 0.3 is 11.9 Å². The van der Waals surface area contributed by atoms with Crippen molar-refractivity contribution in [2.75, 3.05) is 30.9 Å². The number of carbonyl (C=O) groups is 1. The molecule has 7 nitrogen and oxygen atoms in total. The smallest absolute Gasteiger partial charge is 0.379 e. The normalized spacial score (nSPS) is 21.2. The molecule has 41 heavy (non-hydrogen) atoms. The van der Waals surface area contributed by atoms with Crippen LogP contribution in [0.3, 0.4) is 0 Å². The average molecular weight is 595 g/mol. The van der Waals surface area contributed by atoms with Gasteiger partial charge in [-0.05, 0) is 37.6 Å². The number of anilines is 1. The van der Waals surface area contributed by atoms with Crippen molar-refractivity contribution in [3.05, 3.63) is 64.6 Å². The van der Waals surface area contributed by atoms with E-state index in [4.69, 9.17) is 4.74 Å². The van der Waals surface area contributed by atoms with Gasteiger partial charge in [-0.2, -0.15) is 18.2 Å². The van der Waals surface area contributed by atoms with Crippen LogP contribution >= 0.6 is 11.8 Å². The fourth-order valence-corrected chi connectivity index (χ4v) is 7.01. The van der Waals surface area contributed by atoms with Gasteiger partial charge in [-0.1, -0.05) is 18.7 Å². The molecule has 1 aromatic heterocycles. The molecule has 1 fully saturated rings. The number of ether oxygens (including phenoxy) is 1. The summed E-state index contributed by atoms with van der Waals surface area (Å²) < 4.78 is 78.4. The summed E-state index contributed by atoms with van der Waals surface area (Å²) in [7, 11) is 1.46. The van der Waals surface area contributed by atoms with E-state index in [-0.39, 0.29) is 58.1 Å². The van der Waals surface area contributed by atoms with Crippen molar-refractivity contribution in [2.24, 2.45) is 0 Å². The number of halogens is 5. The van der Waals surface area contributed by atoms with Gasteiger partial charge in [0.1, 0.15) is 11.6 Å². The molecule has 218 valence electrons. The van der Waals surface area contributed by atoms with E-state index >= 15 is 0 Å². The molecule has 0 bridgehead atoms. The molecule has 2 aliphatic rings. The summed E-state index contributed by atoms with van der Waals surface area (Å²) >= 11 is 1.13. The van der Waals surface area contributed by atoms with E-state index in [1.807, 2.05) is 0 Å². The Hall–Kier alpha value is -3.45. The van der Waals surface area contributed by atoms with E-state index in [2.05, 4.69) is 11.6 Å². The number of hydrogen-bond acceptors (Lipinski definition) is 6. The molecule has 1 amide bonds. The number of alkyl halides is 3. The van der Waals surface area contributed by atoms with Gasteiger partial charge in [0.05, 0.1) is 23.7 Å². The molecule has 2 aliphatic heterocycles. The number of nitrogens with zero attached hydrogens (tertiary/aromatic N) is 4. The maximum atomic E-state index is 14.7. The average Bonchev–Trinajstić information content (AvgIpc) is 3.10. The third-order valence-electron chi connectivity index (χ3n) is 7.46. The lowest BCUT2D eigenvalue weighted by molar-refractivity contribution is -0.137. The van der Waals surface area contributed by atoms with E-state index in [9.17, 15) is 31.5 Å². The molecule has 0 unspecified atom stereocenters. The predicted octanol–water partition coefficient (Wildman–Crippen LogP) is 5.25. The Kier molecular flexibility index (Phi) is 7.62. The number of benzene rings is 2. The number of rotatable bonds is 4. The highest BCUT2D eigenvalue weighted by molar-refractivity contribution is 7.99. The molecule has 3 atom stereocenters. The zero-order valence-electron chi connectivity index (χ0n) is 22.5. The highest BCUT2D eigenvalue weighted by Gasteiger charge is 2.40. The number of methoxy groups -OCH3 is 1. The molecule has 0 N–H and O–H groups in total. The Morgan fingerprint density at radius 3 is 2.32 bits per heavy atom. The molecule has 2 aromatic carbocycles. The van der Waals surface area contributed by atoms with Gasteiger partial charge < -0.3 is 14.5 Å². The van der Waals surface area contributed by atoms with Gasteiger partial charge in [0.15, 0.2) is 5.83 Å². The number of amides is 1. The maximum Gasteiger partial charge on any atom is 0.417 e. The van der Waals surface area contributed by atoms with Crippen molar-refractivity contribution in [3.8, 4) is 11.1 Å². The highest BCUT2D eigenvalue weighted by Crippen LogP contribution is 2.48. The van der Waals surface area contributed by atoms with E-state index in [1.54, 1.807) is 18.7 Å². The minimum absolute atomic E-state index is 0.0417. The third-order valence-corrected chi connectivity index (χ3v) is 8.68. The van der Waals surface area contributed by atoms with Crippen molar-refractivity contribution in [1.82, 2.24) is 14.5 Å². The first-order chi connectivity index (χ1) is 19.3. The summed E-state index contributed by atoms with van der Waals surface area (Å²) in [4.78, 5) is 33.3. The first-order valence-corrected chi connectivity index (χ1v) is 13.8. The van der Waals surface area contributed by atoms with Crippen LogP contribution in [-0.2, 0) is 22.3 Å². The Labute approximate surface area is 236 Å². The van der Waals surface area contributed by atoms with Crippen LogP contribution in [0.2, 0.25) is 0 Å². The van der Waals surface area contributed by atoms with Crippen molar-refractivity contribution >= 4 is 34.4 Å². The van der Waals surface area contributed by atoms with Crippen LogP contribution < -0.4 is 10.6 Å². The summed E-state index contributed by atoms with van der Waals surface area (Å²) in [5.74, 6) is -2.27. The summed E-state index contributed by atoms with van der Waals surface area (Å²) in [6.07, 6.45) is -5.28. The molecule has 0 aliphatic carbocycles. The van der Waals surface area contributed by atoms with Crippen LogP contribution in [0.5, 0.6) is 0 Å². The van der Waals surface area contributed by atoms with Crippen LogP contribution in [0.25, 0.3) is 22.0 Å². The van der Waals surface area contributed by atoms with Crippen molar-refractivity contribution in [1.29, 1.82) is 0 Å². The summed E-state index contributed by atoms with van der Waals surface area (Å²) in [6.45, 7) is 6.71. The second-order valence-corrected chi connectivity index (χ2v) is 11.3. The minimum Gasteiger partial charge on any atom is -0.379 e. The lowest BCUT2D eigenvalue weighted by atomic mass is 9.96. The van der Waals surface area contributed by atoms with Gasteiger partial charge in [0.25, 0.3) is 5.91 Å². The van der Waals surface area contributed by atoms with Gasteiger partial charge in [-0.25, -0.2) is 13.6 Å². The SMILES string of the molecule is C=C(F)C(=O)N1[C@H](C)CN(c2nc(=O)n3c4c(c(-c5ccc(F)cc5)c(C(F)(F)F)cc24)SC[C@@H](OC)C3)C[C@@H]1C. The fourth-order valence-electron chi connectivity index (χ4n) is 5.68. The second-order valence-electron chi connectivity index (χ2n) is 10.2. The van der Waals surface area contributed by atoms with E-state index in [0.29, 0.717) is 0 Å². The molecule has 1 saturated heterocycles. The molecule has 3 aromatic rings. The van der Waals surface area contributed by atoms with E-state index in [0.717, 1.165) is 30.0 Å².